The van der Waals surface area contributed by atoms with Crippen LogP contribution in [0.25, 0.3) is 11.3 Å². The van der Waals surface area contributed by atoms with Crippen LogP contribution in [0.2, 0.25) is 0 Å². The SMILES string of the molecule is O=C1/C(=C(\O)c2ccccc2)C2=C(c3ccccc3)C(c3ccccc3)=NC2(c2ccccc2)c2ccccc21. The highest BCUT2D eigenvalue weighted by atomic mass is 16.3. The van der Waals surface area contributed by atoms with Crippen molar-refractivity contribution >= 4 is 22.8 Å². The van der Waals surface area contributed by atoms with E-state index >= 15 is 0 Å². The molecule has 40 heavy (non-hydrogen) atoms. The number of benzene rings is 5. The van der Waals surface area contributed by atoms with E-state index in [2.05, 4.69) is 12.1 Å². The van der Waals surface area contributed by atoms with Crippen molar-refractivity contribution in [3.8, 4) is 0 Å². The summed E-state index contributed by atoms with van der Waals surface area (Å²) < 4.78 is 0. The lowest BCUT2D eigenvalue weighted by Gasteiger charge is -2.38. The van der Waals surface area contributed by atoms with Crippen molar-refractivity contribution in [2.24, 2.45) is 4.99 Å². The maximum absolute atomic E-state index is 14.5. The van der Waals surface area contributed by atoms with E-state index in [1.165, 1.54) is 0 Å². The van der Waals surface area contributed by atoms with E-state index in [1.54, 1.807) is 0 Å². The summed E-state index contributed by atoms with van der Waals surface area (Å²) in [6, 6.07) is 47.2. The maximum atomic E-state index is 14.5. The van der Waals surface area contributed by atoms with Gasteiger partial charge in [-0.1, -0.05) is 146 Å². The second-order valence-electron chi connectivity index (χ2n) is 9.98. The minimum Gasteiger partial charge on any atom is -0.507 e. The van der Waals surface area contributed by atoms with Crippen LogP contribution in [0, 0.1) is 0 Å². The summed E-state index contributed by atoms with van der Waals surface area (Å²) in [6.07, 6.45) is 0. The molecule has 3 heteroatoms. The van der Waals surface area contributed by atoms with Crippen LogP contribution in [0.3, 0.4) is 0 Å². The standard InChI is InChI=1S/C37H25NO2/c39-35(27-19-9-3-10-20-27)32-33-31(25-15-5-1-6-16-25)34(26-17-7-2-8-18-26)38-37(33,28-21-11-4-12-22-28)30-24-14-13-23-29(30)36(32)40/h1-24,39H/b35-32-. The van der Waals surface area contributed by atoms with Gasteiger partial charge in [0.05, 0.1) is 11.3 Å². The first-order valence-corrected chi connectivity index (χ1v) is 13.3. The fourth-order valence-electron chi connectivity index (χ4n) is 6.03. The molecule has 5 aromatic rings. The number of hydrogen-bond acceptors (Lipinski definition) is 3. The summed E-state index contributed by atoms with van der Waals surface area (Å²) in [4.78, 5) is 20.1. The van der Waals surface area contributed by atoms with E-state index in [0.29, 0.717) is 16.7 Å². The second-order valence-corrected chi connectivity index (χ2v) is 9.98. The number of allylic oxidation sites excluding steroid dienone is 1. The highest BCUT2D eigenvalue weighted by molar-refractivity contribution is 6.38. The van der Waals surface area contributed by atoms with Gasteiger partial charge in [-0.3, -0.25) is 9.79 Å². The molecular formula is C37H25NO2. The number of hydrogen-bond donors (Lipinski definition) is 1. The Kier molecular flexibility index (Phi) is 5.64. The molecule has 5 aromatic carbocycles. The first kappa shape index (κ1) is 23.8. The highest BCUT2D eigenvalue weighted by Gasteiger charge is 2.53. The summed E-state index contributed by atoms with van der Waals surface area (Å²) in [5.74, 6) is -0.259. The van der Waals surface area contributed by atoms with Crippen LogP contribution in [-0.2, 0) is 5.54 Å². The van der Waals surface area contributed by atoms with Gasteiger partial charge in [0.15, 0.2) is 5.78 Å². The zero-order valence-corrected chi connectivity index (χ0v) is 21.7. The predicted octanol–water partition coefficient (Wildman–Crippen LogP) is 8.05. The average molecular weight is 516 g/mol. The van der Waals surface area contributed by atoms with E-state index in [1.807, 2.05) is 133 Å². The Balaban J connectivity index is 1.72. The molecule has 1 N–H and O–H groups in total. The number of aliphatic imine (C=N–C) groups is 1. The van der Waals surface area contributed by atoms with Crippen molar-refractivity contribution in [2.45, 2.75) is 5.54 Å². The Hall–Kier alpha value is -5.28. The van der Waals surface area contributed by atoms with Gasteiger partial charge >= 0.3 is 0 Å². The number of rotatable bonds is 4. The molecule has 2 aliphatic rings. The highest BCUT2D eigenvalue weighted by Crippen LogP contribution is 2.57. The third-order valence-corrected chi connectivity index (χ3v) is 7.75. The summed E-state index contributed by atoms with van der Waals surface area (Å²) in [6.45, 7) is 0. The van der Waals surface area contributed by atoms with Crippen LogP contribution in [0.15, 0.2) is 162 Å². The largest absolute Gasteiger partial charge is 0.507 e. The van der Waals surface area contributed by atoms with Gasteiger partial charge in [0.1, 0.15) is 11.3 Å². The first-order chi connectivity index (χ1) is 19.7. The van der Waals surface area contributed by atoms with Crippen molar-refractivity contribution in [3.63, 3.8) is 0 Å². The molecule has 0 saturated heterocycles. The van der Waals surface area contributed by atoms with Gasteiger partial charge in [-0.15, -0.1) is 0 Å². The van der Waals surface area contributed by atoms with E-state index in [9.17, 15) is 9.90 Å². The van der Waals surface area contributed by atoms with Crippen LogP contribution in [-0.4, -0.2) is 16.6 Å². The number of carbonyl (C=O) groups is 1. The topological polar surface area (TPSA) is 49.7 Å². The number of ketones is 1. The van der Waals surface area contributed by atoms with E-state index < -0.39 is 5.54 Å². The van der Waals surface area contributed by atoms with Crippen molar-refractivity contribution in [1.82, 2.24) is 0 Å². The van der Waals surface area contributed by atoms with Crippen LogP contribution in [0.4, 0.5) is 0 Å². The molecule has 0 fully saturated rings. The molecule has 0 radical (unpaired) electrons. The quantitative estimate of drug-likeness (QED) is 0.194. The molecule has 0 saturated carbocycles. The number of Topliss-reactive ketones (excluding diaryl/α,β-unsaturated/α-hetero) is 1. The molecule has 0 bridgehead atoms. The van der Waals surface area contributed by atoms with Crippen molar-refractivity contribution in [1.29, 1.82) is 0 Å². The fourth-order valence-corrected chi connectivity index (χ4v) is 6.03. The molecule has 0 amide bonds. The van der Waals surface area contributed by atoms with Crippen molar-refractivity contribution in [3.05, 3.63) is 190 Å². The molecule has 1 unspecified atom stereocenters. The summed E-state index contributed by atoms with van der Waals surface area (Å²) in [5, 5.41) is 11.9. The Labute approximate surface area is 233 Å². The van der Waals surface area contributed by atoms with Gasteiger partial charge in [0.2, 0.25) is 0 Å². The lowest BCUT2D eigenvalue weighted by Crippen LogP contribution is -2.36. The zero-order valence-electron chi connectivity index (χ0n) is 21.7. The Morgan fingerprint density at radius 1 is 0.600 bits per heavy atom. The zero-order chi connectivity index (χ0) is 27.1. The lowest BCUT2D eigenvalue weighted by molar-refractivity contribution is 0.102. The lowest BCUT2D eigenvalue weighted by atomic mass is 9.65. The van der Waals surface area contributed by atoms with E-state index in [-0.39, 0.29) is 17.1 Å². The molecule has 3 nitrogen and oxygen atoms in total. The molecular weight excluding hydrogens is 490 g/mol. The van der Waals surface area contributed by atoms with Crippen LogP contribution >= 0.6 is 0 Å². The smallest absolute Gasteiger partial charge is 0.197 e. The van der Waals surface area contributed by atoms with Crippen LogP contribution in [0.1, 0.15) is 38.2 Å². The fraction of sp³-hybridized carbons (Fsp3) is 0.0270. The molecule has 7 rings (SSSR count). The molecule has 0 spiro atoms. The Bertz CT molecular complexity index is 1840. The predicted molar refractivity (Wildman–Crippen MR) is 160 cm³/mol. The molecule has 1 atom stereocenters. The second kappa shape index (κ2) is 9.48. The van der Waals surface area contributed by atoms with Gasteiger partial charge in [0.25, 0.3) is 0 Å². The van der Waals surface area contributed by atoms with Gasteiger partial charge in [-0.05, 0) is 16.7 Å². The van der Waals surface area contributed by atoms with Crippen molar-refractivity contribution in [2.75, 3.05) is 0 Å². The number of aliphatic hydroxyl groups excluding tert-OH is 1. The monoisotopic (exact) mass is 515 g/mol. The third kappa shape index (κ3) is 3.52. The first-order valence-electron chi connectivity index (χ1n) is 13.3. The summed E-state index contributed by atoms with van der Waals surface area (Å²) in [7, 11) is 0. The average Bonchev–Trinajstić information content (AvgIpc) is 3.40. The Morgan fingerprint density at radius 2 is 1.12 bits per heavy atom. The van der Waals surface area contributed by atoms with Gasteiger partial charge in [-0.25, -0.2) is 0 Å². The van der Waals surface area contributed by atoms with E-state index in [4.69, 9.17) is 4.99 Å². The summed E-state index contributed by atoms with van der Waals surface area (Å²) in [5.41, 5.74) is 6.32. The van der Waals surface area contributed by atoms with Crippen LogP contribution in [0.5, 0.6) is 0 Å². The van der Waals surface area contributed by atoms with Crippen LogP contribution < -0.4 is 0 Å². The number of fused-ring (bicyclic) bond motifs is 3. The van der Waals surface area contributed by atoms with Gasteiger partial charge in [-0.2, -0.15) is 0 Å². The Morgan fingerprint density at radius 3 is 1.77 bits per heavy atom. The number of aliphatic hydroxyl groups is 1. The third-order valence-electron chi connectivity index (χ3n) is 7.75. The van der Waals surface area contributed by atoms with Crippen molar-refractivity contribution < 1.29 is 9.90 Å². The molecule has 1 aliphatic carbocycles. The maximum Gasteiger partial charge on any atom is 0.197 e. The number of carbonyl (C=O) groups excluding carboxylic acids is 1. The molecule has 0 aromatic heterocycles. The van der Waals surface area contributed by atoms with Gasteiger partial charge < -0.3 is 5.11 Å². The van der Waals surface area contributed by atoms with E-state index in [0.717, 1.165) is 33.5 Å². The molecule has 1 aliphatic heterocycles. The number of nitrogens with zero attached hydrogens (tertiary/aromatic N) is 1. The summed E-state index contributed by atoms with van der Waals surface area (Å²) >= 11 is 0. The minimum absolute atomic E-state index is 0.0478. The van der Waals surface area contributed by atoms with Gasteiger partial charge in [0, 0.05) is 27.8 Å². The molecule has 1 heterocycles. The molecule has 190 valence electrons. The minimum atomic E-state index is -1.04. The normalized spacial score (nSPS) is 19.1.